The number of anilines is 2. The first kappa shape index (κ1) is 36.1. The Morgan fingerprint density at radius 2 is 1.35 bits per heavy atom. The van der Waals surface area contributed by atoms with E-state index in [0.29, 0.717) is 45.5 Å². The van der Waals surface area contributed by atoms with Crippen LogP contribution in [0.3, 0.4) is 0 Å². The van der Waals surface area contributed by atoms with E-state index in [9.17, 15) is 14.4 Å². The van der Waals surface area contributed by atoms with E-state index in [2.05, 4.69) is 16.0 Å². The number of benzene rings is 5. The third kappa shape index (κ3) is 9.49. The Morgan fingerprint density at radius 1 is 0.647 bits per heavy atom. The molecule has 0 aliphatic rings. The number of hydrogen-bond acceptors (Lipinski definition) is 8. The maximum absolute atomic E-state index is 13.8. The van der Waals surface area contributed by atoms with Crippen molar-refractivity contribution in [2.24, 2.45) is 0 Å². The second-order valence-electron chi connectivity index (χ2n) is 10.9. The number of carbonyl (C=O) groups excluding carboxylic acids is 3. The molecule has 0 spiro atoms. The van der Waals surface area contributed by atoms with E-state index in [-0.39, 0.29) is 11.6 Å². The molecule has 260 valence electrons. The van der Waals surface area contributed by atoms with E-state index in [1.807, 2.05) is 36.4 Å². The third-order valence-electron chi connectivity index (χ3n) is 7.60. The molecule has 0 aliphatic heterocycles. The highest BCUT2D eigenvalue weighted by molar-refractivity contribution is 8.00. The van der Waals surface area contributed by atoms with Gasteiger partial charge in [-0.25, -0.2) is 0 Å². The van der Waals surface area contributed by atoms with Gasteiger partial charge in [0.1, 0.15) is 22.4 Å². The SMILES string of the molecule is COc1ccc(NC(=O)C(Sc2cccc(NC(=O)/C(=C\c3ccc(OC)c(OC)c3)NC(=O)c3ccccc3)c2)c2ccccc2)c(OC)c1. The highest BCUT2D eigenvalue weighted by atomic mass is 32.2. The summed E-state index contributed by atoms with van der Waals surface area (Å²) in [6.07, 6.45) is 1.56. The molecule has 0 aliphatic carbocycles. The topological polar surface area (TPSA) is 124 Å². The molecule has 0 radical (unpaired) electrons. The van der Waals surface area contributed by atoms with Crippen LogP contribution in [0.25, 0.3) is 6.08 Å². The lowest BCUT2D eigenvalue weighted by Crippen LogP contribution is -2.30. The van der Waals surface area contributed by atoms with Gasteiger partial charge in [0.2, 0.25) is 5.91 Å². The zero-order valence-corrected chi connectivity index (χ0v) is 29.3. The Morgan fingerprint density at radius 3 is 2.04 bits per heavy atom. The van der Waals surface area contributed by atoms with Crippen molar-refractivity contribution in [3.63, 3.8) is 0 Å². The number of carbonyl (C=O) groups is 3. The van der Waals surface area contributed by atoms with Gasteiger partial charge in [0.25, 0.3) is 11.8 Å². The standard InChI is InChI=1S/C40H37N3O7S/c1-47-30-19-20-32(35(25-30)49-3)42-40(46)37(27-12-7-5-8-13-27)51-31-17-11-16-29(24-31)41-39(45)33(43-38(44)28-14-9-6-10-15-28)22-26-18-21-34(48-2)36(23-26)50-4/h5-25,37H,1-4H3,(H,41,45)(H,42,46)(H,43,44)/b33-22+. The summed E-state index contributed by atoms with van der Waals surface area (Å²) in [7, 11) is 6.13. The molecule has 0 saturated carbocycles. The van der Waals surface area contributed by atoms with Gasteiger partial charge >= 0.3 is 0 Å². The first-order valence-corrected chi connectivity index (χ1v) is 16.7. The van der Waals surface area contributed by atoms with Gasteiger partial charge in [0.15, 0.2) is 11.5 Å². The third-order valence-corrected chi connectivity index (χ3v) is 8.85. The molecule has 11 heteroatoms. The summed E-state index contributed by atoms with van der Waals surface area (Å²) in [4.78, 5) is 41.5. The van der Waals surface area contributed by atoms with Crippen LogP contribution in [-0.2, 0) is 9.59 Å². The number of thioether (sulfide) groups is 1. The second kappa shape index (κ2) is 17.5. The van der Waals surface area contributed by atoms with Crippen LogP contribution in [0.1, 0.15) is 26.7 Å². The minimum atomic E-state index is -0.658. The van der Waals surface area contributed by atoms with Gasteiger partial charge in [0.05, 0.1) is 34.1 Å². The lowest BCUT2D eigenvalue weighted by atomic mass is 10.1. The Balaban J connectivity index is 1.40. The van der Waals surface area contributed by atoms with Crippen LogP contribution in [-0.4, -0.2) is 46.2 Å². The molecule has 1 atom stereocenters. The molecule has 10 nitrogen and oxygen atoms in total. The summed E-state index contributed by atoms with van der Waals surface area (Å²) in [6, 6.07) is 35.5. The Kier molecular flexibility index (Phi) is 12.4. The summed E-state index contributed by atoms with van der Waals surface area (Å²) >= 11 is 1.32. The molecular weight excluding hydrogens is 667 g/mol. The maximum Gasteiger partial charge on any atom is 0.272 e. The lowest BCUT2D eigenvalue weighted by Gasteiger charge is -2.19. The van der Waals surface area contributed by atoms with Gasteiger partial charge in [0, 0.05) is 22.2 Å². The van der Waals surface area contributed by atoms with Gasteiger partial charge in [-0.15, -0.1) is 11.8 Å². The van der Waals surface area contributed by atoms with E-state index in [4.69, 9.17) is 18.9 Å². The lowest BCUT2D eigenvalue weighted by molar-refractivity contribution is -0.116. The summed E-state index contributed by atoms with van der Waals surface area (Å²) < 4.78 is 21.6. The van der Waals surface area contributed by atoms with Crippen LogP contribution in [0, 0.1) is 0 Å². The van der Waals surface area contributed by atoms with Crippen molar-refractivity contribution in [3.8, 4) is 23.0 Å². The number of amides is 3. The summed E-state index contributed by atoms with van der Waals surface area (Å²) in [6.45, 7) is 0. The molecule has 0 bridgehead atoms. The van der Waals surface area contributed by atoms with Crippen molar-refractivity contribution in [1.29, 1.82) is 0 Å². The van der Waals surface area contributed by atoms with Crippen molar-refractivity contribution in [2.75, 3.05) is 39.1 Å². The molecule has 5 aromatic rings. The molecule has 0 aromatic heterocycles. The number of hydrogen-bond donors (Lipinski definition) is 3. The van der Waals surface area contributed by atoms with Crippen LogP contribution in [0.15, 0.2) is 132 Å². The average Bonchev–Trinajstić information content (AvgIpc) is 3.17. The molecule has 0 fully saturated rings. The van der Waals surface area contributed by atoms with Gasteiger partial charge in [-0.3, -0.25) is 14.4 Å². The molecule has 3 N–H and O–H groups in total. The second-order valence-corrected chi connectivity index (χ2v) is 12.1. The largest absolute Gasteiger partial charge is 0.497 e. The van der Waals surface area contributed by atoms with Crippen LogP contribution in [0.2, 0.25) is 0 Å². The Bertz CT molecular complexity index is 2020. The first-order valence-electron chi connectivity index (χ1n) is 15.8. The molecule has 5 aromatic carbocycles. The number of rotatable bonds is 14. The van der Waals surface area contributed by atoms with Crippen molar-refractivity contribution in [2.45, 2.75) is 10.1 Å². The monoisotopic (exact) mass is 703 g/mol. The van der Waals surface area contributed by atoms with Crippen LogP contribution < -0.4 is 34.9 Å². The van der Waals surface area contributed by atoms with Crippen LogP contribution >= 0.6 is 11.8 Å². The smallest absolute Gasteiger partial charge is 0.272 e. The van der Waals surface area contributed by atoms with Crippen LogP contribution in [0.4, 0.5) is 11.4 Å². The summed E-state index contributed by atoms with van der Waals surface area (Å²) in [5.41, 5.74) is 2.73. The normalized spacial score (nSPS) is 11.5. The van der Waals surface area contributed by atoms with Crippen LogP contribution in [0.5, 0.6) is 23.0 Å². The fourth-order valence-corrected chi connectivity index (χ4v) is 6.12. The molecule has 0 saturated heterocycles. The predicted molar refractivity (Wildman–Crippen MR) is 200 cm³/mol. The first-order chi connectivity index (χ1) is 24.8. The fourth-order valence-electron chi connectivity index (χ4n) is 5.03. The quantitative estimate of drug-likeness (QED) is 0.0798. The molecule has 1 unspecified atom stereocenters. The maximum atomic E-state index is 13.8. The van der Waals surface area contributed by atoms with Gasteiger partial charge in [-0.2, -0.15) is 0 Å². The molecule has 5 rings (SSSR count). The van der Waals surface area contributed by atoms with Crippen molar-refractivity contribution < 1.29 is 33.3 Å². The van der Waals surface area contributed by atoms with E-state index in [1.54, 1.807) is 98.1 Å². The van der Waals surface area contributed by atoms with Gasteiger partial charge < -0.3 is 34.9 Å². The minimum absolute atomic E-state index is 0.00380. The Labute approximate surface area is 300 Å². The molecule has 51 heavy (non-hydrogen) atoms. The molecule has 3 amide bonds. The van der Waals surface area contributed by atoms with E-state index in [1.165, 1.54) is 33.1 Å². The van der Waals surface area contributed by atoms with Crippen molar-refractivity contribution in [3.05, 3.63) is 144 Å². The van der Waals surface area contributed by atoms with E-state index < -0.39 is 17.1 Å². The molecule has 0 heterocycles. The summed E-state index contributed by atoms with van der Waals surface area (Å²) in [5.74, 6) is 0.765. The number of ether oxygens (including phenoxy) is 4. The minimum Gasteiger partial charge on any atom is -0.497 e. The Hall–Kier alpha value is -6.20. The highest BCUT2D eigenvalue weighted by Crippen LogP contribution is 2.38. The number of nitrogens with one attached hydrogen (secondary N) is 3. The zero-order chi connectivity index (χ0) is 36.2. The zero-order valence-electron chi connectivity index (χ0n) is 28.5. The fraction of sp³-hybridized carbons (Fsp3) is 0.125. The van der Waals surface area contributed by atoms with Crippen molar-refractivity contribution >= 4 is 46.9 Å². The van der Waals surface area contributed by atoms with E-state index >= 15 is 0 Å². The van der Waals surface area contributed by atoms with Crippen molar-refractivity contribution in [1.82, 2.24) is 5.32 Å². The predicted octanol–water partition coefficient (Wildman–Crippen LogP) is 7.60. The highest BCUT2D eigenvalue weighted by Gasteiger charge is 2.24. The molecular formula is C40H37N3O7S. The van der Waals surface area contributed by atoms with Gasteiger partial charge in [-0.1, -0.05) is 60.7 Å². The summed E-state index contributed by atoms with van der Waals surface area (Å²) in [5, 5.41) is 7.98. The van der Waals surface area contributed by atoms with Gasteiger partial charge in [-0.05, 0) is 71.8 Å². The number of methoxy groups -OCH3 is 4. The van der Waals surface area contributed by atoms with E-state index in [0.717, 1.165) is 10.5 Å². The average molecular weight is 704 g/mol.